The Kier molecular flexibility index (Phi) is 10.9. The van der Waals surface area contributed by atoms with Gasteiger partial charge in [0.1, 0.15) is 8.07 Å². The van der Waals surface area contributed by atoms with Crippen LogP contribution in [0.25, 0.3) is 17.2 Å². The van der Waals surface area contributed by atoms with Crippen molar-refractivity contribution in [3.8, 4) is 11.1 Å². The minimum Gasteiger partial charge on any atom is -1.00 e. The summed E-state index contributed by atoms with van der Waals surface area (Å²) in [7, 11) is -1.13. The summed E-state index contributed by atoms with van der Waals surface area (Å²) >= 11 is 1.61. The third kappa shape index (κ3) is 5.90. The van der Waals surface area contributed by atoms with Gasteiger partial charge in [-0.15, -0.1) is 0 Å². The standard InChI is InChI=1S/C24H29.C10H11NSi.2ClH.Zr/c1-4-5-6-7-9-19-12-14-20(15-13-19)23-11-8-10-21-16-22(18(2)3)17-24(21)23;1-6-9-7-4-5-11-8(7)10(6)12(9,2)3;;;/h8,10-18H,4-7,9H2,1-3H3;4-5H,1-3H3;2*1H;/q;;;;+2/p-2. The predicted molar refractivity (Wildman–Crippen MR) is 159 cm³/mol. The first-order valence-electron chi connectivity index (χ1n) is 14.1. The van der Waals surface area contributed by atoms with E-state index in [4.69, 9.17) is 0 Å². The fourth-order valence-electron chi connectivity index (χ4n) is 6.66. The molecule has 7 rings (SSSR count). The third-order valence-corrected chi connectivity index (χ3v) is 13.9. The van der Waals surface area contributed by atoms with Gasteiger partial charge in [0.05, 0.1) is 5.71 Å². The number of hydrogen-bond acceptors (Lipinski definition) is 1. The summed E-state index contributed by atoms with van der Waals surface area (Å²) < 4.78 is 0.639. The Morgan fingerprint density at radius 1 is 0.949 bits per heavy atom. The molecule has 0 fully saturated rings. The molecule has 0 aromatic heterocycles. The molecule has 2 aromatic carbocycles. The zero-order chi connectivity index (χ0) is 26.3. The van der Waals surface area contributed by atoms with Crippen LogP contribution in [0.1, 0.15) is 73.7 Å². The molecule has 3 heterocycles. The summed E-state index contributed by atoms with van der Waals surface area (Å²) in [6.07, 6.45) is 13.1. The number of aliphatic imine (C=N–C) groups is 1. The maximum absolute atomic E-state index is 4.42. The van der Waals surface area contributed by atoms with Gasteiger partial charge in [-0.2, -0.15) is 0 Å². The molecule has 0 radical (unpaired) electrons. The van der Waals surface area contributed by atoms with Crippen LogP contribution in [0.2, 0.25) is 13.1 Å². The number of benzene rings is 2. The van der Waals surface area contributed by atoms with Crippen LogP contribution in [-0.2, 0) is 31.1 Å². The third-order valence-electron chi connectivity index (χ3n) is 8.55. The Morgan fingerprint density at radius 2 is 1.67 bits per heavy atom. The Bertz CT molecular complexity index is 1380. The van der Waals surface area contributed by atoms with Gasteiger partial charge in [-0.05, 0) is 29.0 Å². The monoisotopic (exact) mass is 650 g/mol. The summed E-state index contributed by atoms with van der Waals surface area (Å²) in [6, 6.07) is 16.2. The summed E-state index contributed by atoms with van der Waals surface area (Å²) in [5.74, 6) is 0.634. The molecule has 0 saturated heterocycles. The molecule has 39 heavy (non-hydrogen) atoms. The van der Waals surface area contributed by atoms with Crippen LogP contribution in [0.4, 0.5) is 0 Å². The van der Waals surface area contributed by atoms with E-state index in [-0.39, 0.29) is 24.8 Å². The van der Waals surface area contributed by atoms with Crippen LogP contribution in [0.3, 0.4) is 0 Å². The molecule has 0 spiro atoms. The van der Waals surface area contributed by atoms with Crippen LogP contribution < -0.4 is 24.8 Å². The molecule has 1 nitrogen and oxygen atoms in total. The molecule has 5 aliphatic rings. The Morgan fingerprint density at radius 3 is 2.28 bits per heavy atom. The fraction of sp³-hybridized carbons (Fsp3) is 0.382. The van der Waals surface area contributed by atoms with Crippen molar-refractivity contribution in [3.05, 3.63) is 98.5 Å². The Balaban J connectivity index is 0.000000251. The van der Waals surface area contributed by atoms with Crippen molar-refractivity contribution in [2.24, 2.45) is 10.9 Å². The number of hydrogen-bond donors (Lipinski definition) is 0. The van der Waals surface area contributed by atoms with Crippen molar-refractivity contribution >= 4 is 19.9 Å². The molecule has 2 aromatic rings. The van der Waals surface area contributed by atoms with Crippen molar-refractivity contribution in [2.75, 3.05) is 0 Å². The van der Waals surface area contributed by atoms with Crippen LogP contribution in [0.15, 0.2) is 86.8 Å². The summed E-state index contributed by atoms with van der Waals surface area (Å²) in [5.41, 5.74) is 13.1. The number of nitrogens with zero attached hydrogens (tertiary/aromatic N) is 1. The van der Waals surface area contributed by atoms with Gasteiger partial charge in [0.15, 0.2) is 0 Å². The molecular formula is C34H40Cl2NSiZr. The van der Waals surface area contributed by atoms with Gasteiger partial charge >= 0.3 is 156 Å². The van der Waals surface area contributed by atoms with Crippen molar-refractivity contribution in [1.29, 1.82) is 0 Å². The van der Waals surface area contributed by atoms with E-state index in [2.05, 4.69) is 100 Å². The number of allylic oxidation sites excluding steroid dienone is 6. The molecule has 203 valence electrons. The van der Waals surface area contributed by atoms with Gasteiger partial charge in [-0.3, -0.25) is 4.99 Å². The fourth-order valence-corrected chi connectivity index (χ4v) is 12.2. The second-order valence-corrected chi connectivity index (χ2v) is 17.4. The van der Waals surface area contributed by atoms with Gasteiger partial charge < -0.3 is 24.8 Å². The van der Waals surface area contributed by atoms with Gasteiger partial charge in [0.25, 0.3) is 0 Å². The van der Waals surface area contributed by atoms with Crippen molar-refractivity contribution < 1.29 is 49.5 Å². The van der Waals surface area contributed by atoms with E-state index in [1.54, 1.807) is 40.7 Å². The Labute approximate surface area is 264 Å². The maximum Gasteiger partial charge on any atom is -1.00 e. The number of halogens is 2. The molecule has 0 amide bonds. The number of aryl methyl sites for hydroxylation is 1. The van der Waals surface area contributed by atoms with E-state index < -0.39 is 8.07 Å². The van der Waals surface area contributed by atoms with E-state index in [0.29, 0.717) is 9.54 Å². The molecule has 1 atom stereocenters. The minimum atomic E-state index is -1.13. The SMILES string of the molecule is CC1=C2C3=NC=CC3=C1[Si]2(C)C.CCCCCCc1ccc(-c2cccc3c2C=C(C(C)C)[CH]3[Zr+2])cc1.[Cl-].[Cl-]. The van der Waals surface area contributed by atoms with Gasteiger partial charge in [-0.1, -0.05) is 26.4 Å². The maximum atomic E-state index is 4.42. The van der Waals surface area contributed by atoms with E-state index in [0.717, 1.165) is 0 Å². The quantitative estimate of drug-likeness (QED) is 0.321. The molecular weight excluding hydrogens is 613 g/mol. The molecule has 0 N–H and O–H groups in total. The first kappa shape index (κ1) is 32.3. The normalized spacial score (nSPS) is 18.9. The van der Waals surface area contributed by atoms with Crippen LogP contribution >= 0.6 is 0 Å². The number of rotatable bonds is 7. The second kappa shape index (κ2) is 13.2. The molecule has 2 aliphatic carbocycles. The first-order chi connectivity index (χ1) is 17.8. The number of unbranched alkanes of at least 4 members (excludes halogenated alkanes) is 3. The average molecular weight is 653 g/mol. The average Bonchev–Trinajstić information content (AvgIpc) is 3.59. The molecule has 2 bridgehead atoms. The van der Waals surface area contributed by atoms with Gasteiger partial charge in [-0.25, -0.2) is 0 Å². The summed E-state index contributed by atoms with van der Waals surface area (Å²) in [4.78, 5) is 4.42. The van der Waals surface area contributed by atoms with Crippen LogP contribution in [0.5, 0.6) is 0 Å². The van der Waals surface area contributed by atoms with E-state index >= 15 is 0 Å². The van der Waals surface area contributed by atoms with Gasteiger partial charge in [0, 0.05) is 11.8 Å². The number of fused-ring (bicyclic) bond motifs is 1. The molecule has 1 unspecified atom stereocenters. The van der Waals surface area contributed by atoms with Crippen molar-refractivity contribution in [3.63, 3.8) is 0 Å². The second-order valence-electron chi connectivity index (χ2n) is 11.8. The first-order valence-corrected chi connectivity index (χ1v) is 18.5. The van der Waals surface area contributed by atoms with E-state index in [1.165, 1.54) is 76.8 Å². The van der Waals surface area contributed by atoms with E-state index in [9.17, 15) is 0 Å². The molecule has 5 heteroatoms. The molecule has 3 aliphatic heterocycles. The van der Waals surface area contributed by atoms with Crippen molar-refractivity contribution in [2.45, 2.75) is 76.5 Å². The largest absolute Gasteiger partial charge is 1.00 e. The van der Waals surface area contributed by atoms with E-state index in [1.807, 2.05) is 6.20 Å². The van der Waals surface area contributed by atoms with Gasteiger partial charge in [0.2, 0.25) is 0 Å². The topological polar surface area (TPSA) is 12.4 Å². The zero-order valence-corrected chi connectivity index (χ0v) is 29.1. The zero-order valence-electron chi connectivity index (χ0n) is 24.2. The van der Waals surface area contributed by atoms with Crippen molar-refractivity contribution in [1.82, 2.24) is 0 Å². The summed E-state index contributed by atoms with van der Waals surface area (Å²) in [6.45, 7) is 14.0. The predicted octanol–water partition coefficient (Wildman–Crippen LogP) is 3.51. The Hall–Kier alpha value is -1.25. The minimum absolute atomic E-state index is 0. The summed E-state index contributed by atoms with van der Waals surface area (Å²) in [5, 5.41) is 3.27. The smallest absolute Gasteiger partial charge is 1.00 e. The molecule has 0 saturated carbocycles. The van der Waals surface area contributed by atoms with Crippen LogP contribution in [-0.4, -0.2) is 13.8 Å². The van der Waals surface area contributed by atoms with Crippen LogP contribution in [0, 0.1) is 5.92 Å².